The van der Waals surface area contributed by atoms with E-state index >= 15 is 0 Å². The predicted octanol–water partition coefficient (Wildman–Crippen LogP) is 3.13. The molecule has 1 fully saturated rings. The first kappa shape index (κ1) is 15.8. The first-order valence-electron chi connectivity index (χ1n) is 8.08. The maximum Gasteiger partial charge on any atom is 0.124 e. The highest BCUT2D eigenvalue weighted by Crippen LogP contribution is 2.37. The fourth-order valence-corrected chi connectivity index (χ4v) is 2.89. The zero-order valence-corrected chi connectivity index (χ0v) is 13.1. The van der Waals surface area contributed by atoms with E-state index in [1.54, 1.807) is 18.2 Å². The number of hydrogen-bond donors (Lipinski definition) is 3. The van der Waals surface area contributed by atoms with Crippen molar-refractivity contribution in [2.24, 2.45) is 11.7 Å². The zero-order chi connectivity index (χ0) is 16.2. The molecule has 1 aliphatic carbocycles. The molecule has 0 heterocycles. The highest BCUT2D eigenvalue weighted by molar-refractivity contribution is 5.42. The average molecular weight is 313 g/mol. The van der Waals surface area contributed by atoms with Crippen LogP contribution < -0.4 is 10.5 Å². The molecule has 4 N–H and O–H groups in total. The summed E-state index contributed by atoms with van der Waals surface area (Å²) in [7, 11) is 0. The summed E-state index contributed by atoms with van der Waals surface area (Å²) >= 11 is 0. The molecule has 0 aliphatic heterocycles. The third-order valence-electron chi connectivity index (χ3n) is 4.61. The van der Waals surface area contributed by atoms with Crippen molar-refractivity contribution in [1.82, 2.24) is 0 Å². The van der Waals surface area contributed by atoms with Crippen LogP contribution in [0.1, 0.15) is 36.4 Å². The van der Waals surface area contributed by atoms with E-state index in [0.717, 1.165) is 24.8 Å². The number of ether oxygens (including phenoxy) is 1. The number of aromatic hydroxyl groups is 1. The highest BCUT2D eigenvalue weighted by Gasteiger charge is 2.31. The van der Waals surface area contributed by atoms with Crippen molar-refractivity contribution in [3.05, 3.63) is 59.7 Å². The fraction of sp³-hybridized carbons (Fsp3) is 0.368. The summed E-state index contributed by atoms with van der Waals surface area (Å²) in [5.74, 6) is 0.903. The molecule has 0 unspecified atom stereocenters. The molecule has 0 aromatic heterocycles. The van der Waals surface area contributed by atoms with Gasteiger partial charge in [-0.3, -0.25) is 0 Å². The molecule has 3 rings (SSSR count). The Kier molecular flexibility index (Phi) is 4.84. The van der Waals surface area contributed by atoms with Crippen LogP contribution in [0.3, 0.4) is 0 Å². The van der Waals surface area contributed by atoms with E-state index in [1.165, 1.54) is 0 Å². The fourth-order valence-electron chi connectivity index (χ4n) is 2.89. The van der Waals surface area contributed by atoms with Crippen molar-refractivity contribution < 1.29 is 14.9 Å². The summed E-state index contributed by atoms with van der Waals surface area (Å²) in [5.41, 5.74) is 7.74. The summed E-state index contributed by atoms with van der Waals surface area (Å²) in [6.45, 7) is 0.441. The van der Waals surface area contributed by atoms with Gasteiger partial charge in [0, 0.05) is 11.6 Å². The van der Waals surface area contributed by atoms with Gasteiger partial charge in [0.2, 0.25) is 0 Å². The molecular formula is C19H23NO3. The maximum atomic E-state index is 10.3. The van der Waals surface area contributed by atoms with Gasteiger partial charge >= 0.3 is 0 Å². The minimum Gasteiger partial charge on any atom is -0.507 e. The largest absolute Gasteiger partial charge is 0.507 e. The van der Waals surface area contributed by atoms with E-state index in [0.29, 0.717) is 17.9 Å². The number of rotatable bonds is 6. The van der Waals surface area contributed by atoms with E-state index in [1.807, 2.05) is 30.3 Å². The predicted molar refractivity (Wildman–Crippen MR) is 89.2 cm³/mol. The van der Waals surface area contributed by atoms with Gasteiger partial charge in [0.25, 0.3) is 0 Å². The van der Waals surface area contributed by atoms with Gasteiger partial charge in [-0.25, -0.2) is 0 Å². The molecule has 0 radical (unpaired) electrons. The highest BCUT2D eigenvalue weighted by atomic mass is 16.5. The molecule has 122 valence electrons. The number of phenols is 1. The van der Waals surface area contributed by atoms with E-state index < -0.39 is 12.1 Å². The Hall–Kier alpha value is -2.04. The molecule has 0 amide bonds. The Morgan fingerprint density at radius 2 is 1.87 bits per heavy atom. The van der Waals surface area contributed by atoms with Gasteiger partial charge in [0.05, 0.1) is 12.1 Å². The summed E-state index contributed by atoms with van der Waals surface area (Å²) in [6.07, 6.45) is 2.56. The van der Waals surface area contributed by atoms with Crippen molar-refractivity contribution >= 4 is 0 Å². The van der Waals surface area contributed by atoms with Gasteiger partial charge in [-0.2, -0.15) is 0 Å². The maximum absolute atomic E-state index is 10.3. The Morgan fingerprint density at radius 3 is 2.48 bits per heavy atom. The van der Waals surface area contributed by atoms with Gasteiger partial charge in [0.1, 0.15) is 18.1 Å². The summed E-state index contributed by atoms with van der Waals surface area (Å²) in [4.78, 5) is 0. The topological polar surface area (TPSA) is 75.7 Å². The molecule has 4 nitrogen and oxygen atoms in total. The molecule has 0 spiro atoms. The van der Waals surface area contributed by atoms with Crippen LogP contribution in [-0.2, 0) is 6.61 Å². The number of aliphatic hydroxyl groups excluding tert-OH is 1. The Labute approximate surface area is 136 Å². The Balaban J connectivity index is 1.65. The van der Waals surface area contributed by atoms with Crippen molar-refractivity contribution in [1.29, 1.82) is 0 Å². The van der Waals surface area contributed by atoms with E-state index in [-0.39, 0.29) is 11.7 Å². The van der Waals surface area contributed by atoms with E-state index in [4.69, 9.17) is 10.5 Å². The molecule has 1 saturated carbocycles. The summed E-state index contributed by atoms with van der Waals surface area (Å²) < 4.78 is 5.68. The Morgan fingerprint density at radius 1 is 1.13 bits per heavy atom. The summed E-state index contributed by atoms with van der Waals surface area (Å²) in [6, 6.07) is 14.4. The number of phenolic OH excluding ortho intramolecular Hbond substituents is 1. The zero-order valence-electron chi connectivity index (χ0n) is 13.1. The van der Waals surface area contributed by atoms with Crippen molar-refractivity contribution in [2.75, 3.05) is 0 Å². The molecule has 2 aromatic rings. The van der Waals surface area contributed by atoms with Gasteiger partial charge in [-0.1, -0.05) is 36.8 Å². The number of aliphatic hydroxyl groups is 1. The second-order valence-electron chi connectivity index (χ2n) is 6.20. The molecule has 23 heavy (non-hydrogen) atoms. The second-order valence-corrected chi connectivity index (χ2v) is 6.20. The smallest absolute Gasteiger partial charge is 0.124 e. The van der Waals surface area contributed by atoms with Crippen molar-refractivity contribution in [2.45, 2.75) is 38.0 Å². The SMILES string of the molecule is N[C@@H](c1ccc(OCc2ccccc2)cc1O)[C@H](O)C1CCC1. The number of hydrogen-bond acceptors (Lipinski definition) is 4. The lowest BCUT2D eigenvalue weighted by atomic mass is 9.77. The third-order valence-corrected chi connectivity index (χ3v) is 4.61. The standard InChI is InChI=1S/C19H23NO3/c20-18(19(22)14-7-4-8-14)16-10-9-15(11-17(16)21)23-12-13-5-2-1-3-6-13/h1-3,5-6,9-11,14,18-19,21-22H,4,7-8,12,20H2/t18-,19+/m0/s1. The first-order valence-corrected chi connectivity index (χ1v) is 8.08. The summed E-state index contributed by atoms with van der Waals surface area (Å²) in [5, 5.41) is 20.5. The molecule has 1 aliphatic rings. The van der Waals surface area contributed by atoms with Crippen LogP contribution in [0.4, 0.5) is 0 Å². The lowest BCUT2D eigenvalue weighted by molar-refractivity contribution is 0.0407. The normalized spacial score (nSPS) is 17.3. The van der Waals surface area contributed by atoms with Crippen LogP contribution in [0, 0.1) is 5.92 Å². The molecule has 2 atom stereocenters. The first-order chi connectivity index (χ1) is 11.1. The minimum absolute atomic E-state index is 0.0708. The molecule has 4 heteroatoms. The van der Waals surface area contributed by atoms with Crippen LogP contribution in [0.2, 0.25) is 0 Å². The second kappa shape index (κ2) is 7.02. The van der Waals surface area contributed by atoms with E-state index in [2.05, 4.69) is 0 Å². The van der Waals surface area contributed by atoms with Crippen LogP contribution in [-0.4, -0.2) is 16.3 Å². The van der Waals surface area contributed by atoms with Gasteiger partial charge < -0.3 is 20.7 Å². The molecule has 0 bridgehead atoms. The van der Waals surface area contributed by atoms with Gasteiger partial charge in [-0.15, -0.1) is 0 Å². The van der Waals surface area contributed by atoms with Crippen LogP contribution in [0.25, 0.3) is 0 Å². The molecular weight excluding hydrogens is 290 g/mol. The van der Waals surface area contributed by atoms with Crippen LogP contribution in [0.5, 0.6) is 11.5 Å². The lowest BCUT2D eigenvalue weighted by Crippen LogP contribution is -2.36. The average Bonchev–Trinajstić information content (AvgIpc) is 2.52. The van der Waals surface area contributed by atoms with Gasteiger partial charge in [0.15, 0.2) is 0 Å². The number of nitrogens with two attached hydrogens (primary N) is 1. The van der Waals surface area contributed by atoms with Crippen LogP contribution >= 0.6 is 0 Å². The minimum atomic E-state index is -0.606. The molecule has 0 saturated heterocycles. The number of benzene rings is 2. The van der Waals surface area contributed by atoms with E-state index in [9.17, 15) is 10.2 Å². The Bertz CT molecular complexity index is 640. The monoisotopic (exact) mass is 313 g/mol. The lowest BCUT2D eigenvalue weighted by Gasteiger charge is -2.34. The van der Waals surface area contributed by atoms with Gasteiger partial charge in [-0.05, 0) is 36.5 Å². The third kappa shape index (κ3) is 3.66. The molecule has 2 aromatic carbocycles. The van der Waals surface area contributed by atoms with Crippen molar-refractivity contribution in [3.8, 4) is 11.5 Å². The quantitative estimate of drug-likeness (QED) is 0.766. The van der Waals surface area contributed by atoms with Crippen LogP contribution in [0.15, 0.2) is 48.5 Å². The van der Waals surface area contributed by atoms with Crippen molar-refractivity contribution in [3.63, 3.8) is 0 Å².